The first-order chi connectivity index (χ1) is 15.6. The number of imide groups is 1. The summed E-state index contributed by atoms with van der Waals surface area (Å²) < 4.78 is 1.57. The van der Waals surface area contributed by atoms with Gasteiger partial charge in [-0.05, 0) is 36.1 Å². The van der Waals surface area contributed by atoms with E-state index in [9.17, 15) is 14.4 Å². The number of benzene rings is 2. The second-order valence-corrected chi connectivity index (χ2v) is 8.64. The molecule has 2 aromatic carbocycles. The highest BCUT2D eigenvalue weighted by Crippen LogP contribution is 2.31. The number of fused-ring (bicyclic) bond motifs is 2. The highest BCUT2D eigenvalue weighted by atomic mass is 32.1. The monoisotopic (exact) mass is 443 g/mol. The third-order valence-electron chi connectivity index (χ3n) is 5.89. The maximum atomic E-state index is 13.2. The van der Waals surface area contributed by atoms with Crippen LogP contribution in [0.1, 0.15) is 39.6 Å². The van der Waals surface area contributed by atoms with E-state index in [-0.39, 0.29) is 23.9 Å². The number of amides is 2. The molecule has 0 radical (unpaired) electrons. The van der Waals surface area contributed by atoms with Gasteiger partial charge in [0.2, 0.25) is 0 Å². The molecular formula is C25H21N3O3S. The van der Waals surface area contributed by atoms with E-state index in [1.54, 1.807) is 35.2 Å². The maximum Gasteiger partial charge on any atom is 0.262 e. The van der Waals surface area contributed by atoms with Crippen LogP contribution in [0.2, 0.25) is 0 Å². The Labute approximate surface area is 188 Å². The lowest BCUT2D eigenvalue weighted by molar-refractivity contribution is 0.0650. The quantitative estimate of drug-likeness (QED) is 0.415. The topological polar surface area (TPSA) is 72.3 Å². The summed E-state index contributed by atoms with van der Waals surface area (Å²) in [6.45, 7) is 2.74. The minimum Gasteiger partial charge on any atom is -0.299 e. The second kappa shape index (κ2) is 8.16. The molecule has 0 aliphatic carbocycles. The van der Waals surface area contributed by atoms with Crippen LogP contribution in [0.5, 0.6) is 0 Å². The van der Waals surface area contributed by atoms with Crippen molar-refractivity contribution in [2.75, 3.05) is 6.54 Å². The van der Waals surface area contributed by atoms with Crippen LogP contribution in [0.25, 0.3) is 21.3 Å². The number of thiophene rings is 1. The Hall–Kier alpha value is -3.58. The van der Waals surface area contributed by atoms with Gasteiger partial charge in [-0.25, -0.2) is 4.98 Å². The zero-order valence-electron chi connectivity index (χ0n) is 17.6. The van der Waals surface area contributed by atoms with Crippen LogP contribution in [0.15, 0.2) is 65.0 Å². The van der Waals surface area contributed by atoms with E-state index >= 15 is 0 Å². The SMILES string of the molecule is CCc1ccc(-c2csc3ncn(CCCN4C(=O)c5ccccc5C4=O)c(=O)c23)cc1. The van der Waals surface area contributed by atoms with Crippen molar-refractivity contribution in [3.8, 4) is 11.1 Å². The zero-order valence-corrected chi connectivity index (χ0v) is 18.4. The number of hydrogen-bond acceptors (Lipinski definition) is 5. The van der Waals surface area contributed by atoms with Crippen molar-refractivity contribution in [3.63, 3.8) is 0 Å². The number of hydrogen-bond donors (Lipinski definition) is 0. The van der Waals surface area contributed by atoms with Crippen molar-refractivity contribution >= 4 is 33.4 Å². The van der Waals surface area contributed by atoms with Crippen LogP contribution in [-0.4, -0.2) is 32.8 Å². The fourth-order valence-corrected chi connectivity index (χ4v) is 5.01. The third-order valence-corrected chi connectivity index (χ3v) is 6.78. The standard InChI is InChI=1S/C25H21N3O3S/c1-2-16-8-10-17(11-9-16)20-14-32-22-21(20)25(31)27(15-26-22)12-5-13-28-23(29)18-6-3-4-7-19(18)24(28)30/h3-4,6-11,14-15H,2,5,12-13H2,1H3. The van der Waals surface area contributed by atoms with Crippen LogP contribution < -0.4 is 5.56 Å². The normalized spacial score (nSPS) is 13.2. The predicted molar refractivity (Wildman–Crippen MR) is 125 cm³/mol. The highest BCUT2D eigenvalue weighted by molar-refractivity contribution is 7.17. The fraction of sp³-hybridized carbons (Fsp3) is 0.200. The summed E-state index contributed by atoms with van der Waals surface area (Å²) in [6, 6.07) is 15.1. The largest absolute Gasteiger partial charge is 0.299 e. The van der Waals surface area contributed by atoms with Gasteiger partial charge in [0.15, 0.2) is 0 Å². The van der Waals surface area contributed by atoms with Crippen molar-refractivity contribution in [3.05, 3.63) is 87.3 Å². The van der Waals surface area contributed by atoms with Gasteiger partial charge in [-0.1, -0.05) is 43.3 Å². The third kappa shape index (κ3) is 3.35. The van der Waals surface area contributed by atoms with Crippen molar-refractivity contribution in [1.82, 2.24) is 14.5 Å². The number of carbonyl (C=O) groups is 2. The molecule has 4 aromatic rings. The zero-order chi connectivity index (χ0) is 22.2. The molecule has 0 fully saturated rings. The van der Waals surface area contributed by atoms with Gasteiger partial charge in [0.05, 0.1) is 22.8 Å². The fourth-order valence-electron chi connectivity index (χ4n) is 4.10. The molecule has 7 heteroatoms. The molecule has 5 rings (SSSR count). The first kappa shape index (κ1) is 20.3. The number of rotatable bonds is 6. The molecule has 0 unspecified atom stereocenters. The van der Waals surface area contributed by atoms with Crippen molar-refractivity contribution in [2.24, 2.45) is 0 Å². The van der Waals surface area contributed by atoms with Gasteiger partial charge in [-0.3, -0.25) is 23.9 Å². The molecular weight excluding hydrogens is 422 g/mol. The van der Waals surface area contributed by atoms with E-state index in [4.69, 9.17) is 0 Å². The molecule has 32 heavy (non-hydrogen) atoms. The Kier molecular flexibility index (Phi) is 5.19. The summed E-state index contributed by atoms with van der Waals surface area (Å²) in [4.78, 5) is 44.7. The molecule has 3 heterocycles. The lowest BCUT2D eigenvalue weighted by Gasteiger charge is -2.14. The molecule has 1 aliphatic heterocycles. The Morgan fingerprint density at radius 1 is 0.875 bits per heavy atom. The molecule has 2 amide bonds. The van der Waals surface area contributed by atoms with Crippen molar-refractivity contribution in [2.45, 2.75) is 26.3 Å². The molecule has 160 valence electrons. The minimum absolute atomic E-state index is 0.104. The molecule has 0 bridgehead atoms. The van der Waals surface area contributed by atoms with E-state index in [1.165, 1.54) is 21.8 Å². The molecule has 0 saturated carbocycles. The van der Waals surface area contributed by atoms with Crippen LogP contribution in [0.4, 0.5) is 0 Å². The smallest absolute Gasteiger partial charge is 0.262 e. The van der Waals surface area contributed by atoms with E-state index in [2.05, 4.69) is 24.0 Å². The van der Waals surface area contributed by atoms with Gasteiger partial charge >= 0.3 is 0 Å². The van der Waals surface area contributed by atoms with Gasteiger partial charge in [-0.2, -0.15) is 0 Å². The Morgan fingerprint density at radius 3 is 2.22 bits per heavy atom. The summed E-state index contributed by atoms with van der Waals surface area (Å²) in [5.74, 6) is -0.552. The van der Waals surface area contributed by atoms with Crippen LogP contribution >= 0.6 is 11.3 Å². The average molecular weight is 444 g/mol. The van der Waals surface area contributed by atoms with Crippen LogP contribution in [0, 0.1) is 0 Å². The number of aromatic nitrogens is 2. The van der Waals surface area contributed by atoms with Crippen molar-refractivity contribution in [1.29, 1.82) is 0 Å². The number of nitrogens with zero attached hydrogens (tertiary/aromatic N) is 3. The Balaban J connectivity index is 1.36. The van der Waals surface area contributed by atoms with Gasteiger partial charge in [0.25, 0.3) is 17.4 Å². The number of carbonyl (C=O) groups excluding carboxylic acids is 2. The molecule has 6 nitrogen and oxygen atoms in total. The summed E-state index contributed by atoms with van der Waals surface area (Å²) in [5, 5.41) is 2.59. The summed E-state index contributed by atoms with van der Waals surface area (Å²) in [7, 11) is 0. The summed E-state index contributed by atoms with van der Waals surface area (Å²) >= 11 is 1.46. The van der Waals surface area contributed by atoms with E-state index in [0.29, 0.717) is 34.3 Å². The molecule has 1 aliphatic rings. The van der Waals surface area contributed by atoms with Gasteiger partial charge in [0, 0.05) is 24.0 Å². The van der Waals surface area contributed by atoms with Crippen LogP contribution in [0.3, 0.4) is 0 Å². The molecule has 0 saturated heterocycles. The lowest BCUT2D eigenvalue weighted by Crippen LogP contribution is -2.32. The number of aryl methyl sites for hydroxylation is 2. The summed E-state index contributed by atoms with van der Waals surface area (Å²) in [5.41, 5.74) is 3.91. The van der Waals surface area contributed by atoms with Gasteiger partial charge in [-0.15, -0.1) is 11.3 Å². The van der Waals surface area contributed by atoms with Gasteiger partial charge < -0.3 is 0 Å². The van der Waals surface area contributed by atoms with E-state index in [0.717, 1.165) is 17.5 Å². The van der Waals surface area contributed by atoms with Gasteiger partial charge in [0.1, 0.15) is 4.83 Å². The van der Waals surface area contributed by atoms with Crippen molar-refractivity contribution < 1.29 is 9.59 Å². The Bertz CT molecular complexity index is 1370. The van der Waals surface area contributed by atoms with Crippen LogP contribution in [-0.2, 0) is 13.0 Å². The first-order valence-electron chi connectivity index (χ1n) is 10.6. The maximum absolute atomic E-state index is 13.2. The predicted octanol–water partition coefficient (Wildman–Crippen LogP) is 4.37. The molecule has 0 N–H and O–H groups in total. The molecule has 0 spiro atoms. The summed E-state index contributed by atoms with van der Waals surface area (Å²) in [6.07, 6.45) is 2.99. The minimum atomic E-state index is -0.276. The molecule has 2 aromatic heterocycles. The first-order valence-corrected chi connectivity index (χ1v) is 11.5. The average Bonchev–Trinajstić information content (AvgIpc) is 3.36. The lowest BCUT2D eigenvalue weighted by atomic mass is 10.0. The molecule has 0 atom stereocenters. The van der Waals surface area contributed by atoms with E-state index < -0.39 is 0 Å². The Morgan fingerprint density at radius 2 is 1.56 bits per heavy atom. The second-order valence-electron chi connectivity index (χ2n) is 7.78. The van der Waals surface area contributed by atoms with E-state index in [1.807, 2.05) is 17.5 Å². The highest BCUT2D eigenvalue weighted by Gasteiger charge is 2.34.